The Morgan fingerprint density at radius 1 is 0.909 bits per heavy atom. The molecule has 1 N–H and O–H groups in total. The number of aliphatic hydroxyl groups is 1. The second-order valence-electron chi connectivity index (χ2n) is 13.2. The summed E-state index contributed by atoms with van der Waals surface area (Å²) in [5, 5.41) is 10.7. The van der Waals surface area contributed by atoms with Crippen molar-refractivity contribution in [2.24, 2.45) is 46.3 Å². The van der Waals surface area contributed by atoms with Crippen LogP contribution in [0.3, 0.4) is 0 Å². The van der Waals surface area contributed by atoms with Crippen LogP contribution < -0.4 is 0 Å². The minimum Gasteiger partial charge on any atom is -0.390 e. The highest BCUT2D eigenvalue weighted by Gasteiger charge is 2.61. The highest BCUT2D eigenvalue weighted by atomic mass is 32.2. The quantitative estimate of drug-likeness (QED) is 0.544. The van der Waals surface area contributed by atoms with Crippen molar-refractivity contribution in [3.8, 4) is 0 Å². The second kappa shape index (κ2) is 8.08. The van der Waals surface area contributed by atoms with Crippen LogP contribution in [-0.2, 0) is 9.84 Å². The molecule has 0 aromatic heterocycles. The monoisotopic (exact) mass is 472 g/mol. The van der Waals surface area contributed by atoms with Crippen molar-refractivity contribution in [3.63, 3.8) is 0 Å². The number of hydrogen-bond donors (Lipinski definition) is 1. The Labute approximate surface area is 201 Å². The summed E-state index contributed by atoms with van der Waals surface area (Å²) in [6, 6.07) is 9.02. The third kappa shape index (κ3) is 3.92. The maximum Gasteiger partial charge on any atom is 0.178 e. The van der Waals surface area contributed by atoms with E-state index in [1.54, 1.807) is 12.1 Å². The van der Waals surface area contributed by atoms with E-state index in [9.17, 15) is 13.5 Å². The van der Waals surface area contributed by atoms with Crippen LogP contribution in [0.15, 0.2) is 35.2 Å². The van der Waals surface area contributed by atoms with Gasteiger partial charge in [-0.05, 0) is 123 Å². The summed E-state index contributed by atoms with van der Waals surface area (Å²) in [6.07, 6.45) is 10.7. The van der Waals surface area contributed by atoms with Gasteiger partial charge >= 0.3 is 0 Å². The van der Waals surface area contributed by atoms with Crippen molar-refractivity contribution >= 4 is 9.84 Å². The molecule has 5 rings (SSSR count). The molecule has 184 valence electrons. The Morgan fingerprint density at radius 3 is 2.33 bits per heavy atom. The van der Waals surface area contributed by atoms with Crippen LogP contribution in [0.25, 0.3) is 0 Å². The molecule has 0 radical (unpaired) electrons. The van der Waals surface area contributed by atoms with Gasteiger partial charge in [0.25, 0.3) is 0 Å². The molecule has 0 unspecified atom stereocenters. The maximum absolute atomic E-state index is 13.1. The summed E-state index contributed by atoms with van der Waals surface area (Å²) in [5.41, 5.74) is 0.182. The van der Waals surface area contributed by atoms with Crippen molar-refractivity contribution in [2.75, 3.05) is 5.75 Å². The fourth-order valence-electron chi connectivity index (χ4n) is 9.59. The maximum atomic E-state index is 13.1. The summed E-state index contributed by atoms with van der Waals surface area (Å²) in [6.45, 7) is 9.31. The van der Waals surface area contributed by atoms with Crippen molar-refractivity contribution in [1.82, 2.24) is 0 Å². The molecule has 4 aliphatic rings. The lowest BCUT2D eigenvalue weighted by atomic mass is 9.43. The Kier molecular flexibility index (Phi) is 5.84. The number of rotatable bonds is 4. The largest absolute Gasteiger partial charge is 0.390 e. The van der Waals surface area contributed by atoms with Gasteiger partial charge in [-0.3, -0.25) is 0 Å². The molecule has 1 aromatic rings. The van der Waals surface area contributed by atoms with Crippen molar-refractivity contribution in [2.45, 2.75) is 96.0 Å². The highest BCUT2D eigenvalue weighted by Crippen LogP contribution is 2.68. The summed E-state index contributed by atoms with van der Waals surface area (Å²) < 4.78 is 26.2. The summed E-state index contributed by atoms with van der Waals surface area (Å²) in [5.74, 6) is 3.94. The number of fused-ring (bicyclic) bond motifs is 5. The Balaban J connectivity index is 1.34. The highest BCUT2D eigenvalue weighted by molar-refractivity contribution is 7.91. The van der Waals surface area contributed by atoms with Crippen molar-refractivity contribution in [1.29, 1.82) is 0 Å². The van der Waals surface area contributed by atoms with Gasteiger partial charge in [0.1, 0.15) is 0 Å². The van der Waals surface area contributed by atoms with E-state index in [1.807, 2.05) is 25.1 Å². The lowest BCUT2D eigenvalue weighted by Crippen LogP contribution is -2.55. The molecule has 0 amide bonds. The van der Waals surface area contributed by atoms with Crippen LogP contribution in [0, 0.1) is 46.3 Å². The molecule has 0 heterocycles. The normalized spacial score (nSPS) is 46.2. The smallest absolute Gasteiger partial charge is 0.178 e. The lowest BCUT2D eigenvalue weighted by molar-refractivity contribution is -0.147. The molecule has 9 atom stereocenters. The van der Waals surface area contributed by atoms with E-state index in [2.05, 4.69) is 20.8 Å². The van der Waals surface area contributed by atoms with Gasteiger partial charge in [-0.25, -0.2) is 8.42 Å². The summed E-state index contributed by atoms with van der Waals surface area (Å²) in [7, 11) is -3.25. The minimum atomic E-state index is -3.25. The first kappa shape index (κ1) is 23.9. The predicted molar refractivity (Wildman–Crippen MR) is 133 cm³/mol. The van der Waals surface area contributed by atoms with Gasteiger partial charge < -0.3 is 5.11 Å². The van der Waals surface area contributed by atoms with Gasteiger partial charge in [-0.1, -0.05) is 39.0 Å². The third-order valence-electron chi connectivity index (χ3n) is 11.3. The molecule has 0 spiro atoms. The number of sulfone groups is 1. The summed E-state index contributed by atoms with van der Waals surface area (Å²) in [4.78, 5) is 0.472. The molecule has 1 aromatic carbocycles. The lowest BCUT2D eigenvalue weighted by Gasteiger charge is -2.62. The van der Waals surface area contributed by atoms with E-state index < -0.39 is 15.4 Å². The van der Waals surface area contributed by atoms with Gasteiger partial charge in [-0.15, -0.1) is 0 Å². The third-order valence-corrected chi connectivity index (χ3v) is 13.3. The standard InChI is InChI=1S/C29H44O3S/c1-20(19-33(31,32)22-8-6-5-7-9-22)24-12-13-25-23-11-10-21-18-27(2,30)16-17-28(21,3)26(23)14-15-29(24,25)4/h5-9,20-21,23-26,30H,10-19H2,1-4H3/t20-,21+,23+,24-,25+,26+,27+,28+,29-/m1/s1. The van der Waals surface area contributed by atoms with Crippen LogP contribution in [-0.4, -0.2) is 24.9 Å². The zero-order chi connectivity index (χ0) is 23.6. The Hall–Kier alpha value is -0.870. The summed E-state index contributed by atoms with van der Waals surface area (Å²) >= 11 is 0. The van der Waals surface area contributed by atoms with E-state index >= 15 is 0 Å². The molecule has 4 aliphatic carbocycles. The fraction of sp³-hybridized carbons (Fsp3) is 0.793. The van der Waals surface area contributed by atoms with Crippen LogP contribution in [0.2, 0.25) is 0 Å². The van der Waals surface area contributed by atoms with Gasteiger partial charge in [0.2, 0.25) is 0 Å². The van der Waals surface area contributed by atoms with E-state index in [1.165, 1.54) is 44.9 Å². The topological polar surface area (TPSA) is 54.4 Å². The average Bonchev–Trinajstić information content (AvgIpc) is 3.12. The molecule has 0 saturated heterocycles. The van der Waals surface area contributed by atoms with Crippen LogP contribution in [0.4, 0.5) is 0 Å². The van der Waals surface area contributed by atoms with Crippen LogP contribution >= 0.6 is 0 Å². The predicted octanol–water partition coefficient (Wildman–Crippen LogP) is 6.51. The van der Waals surface area contributed by atoms with E-state index in [0.29, 0.717) is 22.1 Å². The first-order valence-corrected chi connectivity index (χ1v) is 15.1. The van der Waals surface area contributed by atoms with Crippen molar-refractivity contribution < 1.29 is 13.5 Å². The molecule has 4 fully saturated rings. The SMILES string of the molecule is C[C@H](CS(=O)(=O)c1ccccc1)[C@H]1CC[C@H]2[C@@H]3CC[C@H]4C[C@@](C)(O)CC[C@]4(C)[C@H]3CC[C@]12C. The molecular formula is C29H44O3S. The van der Waals surface area contributed by atoms with E-state index in [4.69, 9.17) is 0 Å². The van der Waals surface area contributed by atoms with Gasteiger partial charge in [0.15, 0.2) is 9.84 Å². The van der Waals surface area contributed by atoms with Crippen molar-refractivity contribution in [3.05, 3.63) is 30.3 Å². The van der Waals surface area contributed by atoms with Gasteiger partial charge in [0, 0.05) is 0 Å². The van der Waals surface area contributed by atoms with Crippen LogP contribution in [0.1, 0.15) is 85.5 Å². The minimum absolute atomic E-state index is 0.193. The molecule has 4 saturated carbocycles. The molecule has 33 heavy (non-hydrogen) atoms. The second-order valence-corrected chi connectivity index (χ2v) is 15.2. The average molecular weight is 473 g/mol. The molecule has 4 heteroatoms. The first-order chi connectivity index (χ1) is 15.5. The zero-order valence-electron chi connectivity index (χ0n) is 21.1. The first-order valence-electron chi connectivity index (χ1n) is 13.5. The number of hydrogen-bond acceptors (Lipinski definition) is 3. The van der Waals surface area contributed by atoms with E-state index in [0.717, 1.165) is 30.6 Å². The van der Waals surface area contributed by atoms with Gasteiger partial charge in [0.05, 0.1) is 16.2 Å². The molecular weight excluding hydrogens is 428 g/mol. The zero-order valence-corrected chi connectivity index (χ0v) is 21.9. The van der Waals surface area contributed by atoms with E-state index in [-0.39, 0.29) is 17.1 Å². The fourth-order valence-corrected chi connectivity index (χ4v) is 11.3. The van der Waals surface area contributed by atoms with Gasteiger partial charge in [-0.2, -0.15) is 0 Å². The Morgan fingerprint density at radius 2 is 1.61 bits per heavy atom. The number of benzene rings is 1. The van der Waals surface area contributed by atoms with Crippen LogP contribution in [0.5, 0.6) is 0 Å². The molecule has 0 bridgehead atoms. The molecule has 3 nitrogen and oxygen atoms in total. The molecule has 0 aliphatic heterocycles. The Bertz CT molecular complexity index is 970.